The second-order valence-electron chi connectivity index (χ2n) is 6.09. The molecule has 124 valence electrons. The van der Waals surface area contributed by atoms with Crippen molar-refractivity contribution in [2.45, 2.75) is 31.1 Å². The quantitative estimate of drug-likeness (QED) is 0.847. The summed E-state index contributed by atoms with van der Waals surface area (Å²) in [7, 11) is -2.28. The van der Waals surface area contributed by atoms with Crippen LogP contribution in [-0.2, 0) is 15.4 Å². The van der Waals surface area contributed by atoms with Crippen molar-refractivity contribution in [2.75, 3.05) is 11.8 Å². The molecule has 0 saturated heterocycles. The molecule has 0 spiro atoms. The van der Waals surface area contributed by atoms with Gasteiger partial charge < -0.3 is 4.74 Å². The van der Waals surface area contributed by atoms with Crippen LogP contribution in [0.5, 0.6) is 5.75 Å². The Kier molecular flexibility index (Phi) is 4.87. The fourth-order valence-corrected chi connectivity index (χ4v) is 3.10. The molecule has 1 aromatic carbocycles. The van der Waals surface area contributed by atoms with Gasteiger partial charge in [0.1, 0.15) is 15.8 Å². The number of rotatable bonds is 4. The minimum absolute atomic E-state index is 0.0325. The van der Waals surface area contributed by atoms with Gasteiger partial charge in [-0.05, 0) is 35.2 Å². The molecule has 1 heterocycles. The SMILES string of the molecule is COc1ccc(C(C)(C)C)cc1NS(=O)(=O)c1ccc(Cl)nc1. The first-order valence-corrected chi connectivity index (χ1v) is 8.82. The molecular weight excluding hydrogens is 336 g/mol. The zero-order chi connectivity index (χ0) is 17.3. The Hall–Kier alpha value is -1.79. The highest BCUT2D eigenvalue weighted by molar-refractivity contribution is 7.92. The van der Waals surface area contributed by atoms with Gasteiger partial charge in [-0.3, -0.25) is 4.72 Å². The zero-order valence-corrected chi connectivity index (χ0v) is 15.0. The van der Waals surface area contributed by atoms with Crippen LogP contribution in [0.3, 0.4) is 0 Å². The van der Waals surface area contributed by atoms with Crippen LogP contribution < -0.4 is 9.46 Å². The minimum atomic E-state index is -3.78. The molecule has 2 rings (SSSR count). The van der Waals surface area contributed by atoms with Crippen LogP contribution in [0.1, 0.15) is 26.3 Å². The van der Waals surface area contributed by atoms with E-state index < -0.39 is 10.0 Å². The average molecular weight is 355 g/mol. The molecule has 7 heteroatoms. The van der Waals surface area contributed by atoms with Gasteiger partial charge in [0.05, 0.1) is 12.8 Å². The van der Waals surface area contributed by atoms with Gasteiger partial charge in [-0.1, -0.05) is 38.4 Å². The van der Waals surface area contributed by atoms with Gasteiger partial charge in [-0.2, -0.15) is 0 Å². The lowest BCUT2D eigenvalue weighted by atomic mass is 9.87. The van der Waals surface area contributed by atoms with E-state index in [0.717, 1.165) is 5.56 Å². The van der Waals surface area contributed by atoms with Crippen LogP contribution in [0.2, 0.25) is 5.15 Å². The summed E-state index contributed by atoms with van der Waals surface area (Å²) in [5.41, 5.74) is 1.26. The largest absolute Gasteiger partial charge is 0.495 e. The number of pyridine rings is 1. The minimum Gasteiger partial charge on any atom is -0.495 e. The lowest BCUT2D eigenvalue weighted by molar-refractivity contribution is 0.416. The van der Waals surface area contributed by atoms with Gasteiger partial charge in [-0.25, -0.2) is 13.4 Å². The van der Waals surface area contributed by atoms with E-state index in [4.69, 9.17) is 16.3 Å². The van der Waals surface area contributed by atoms with Crippen LogP contribution in [0.15, 0.2) is 41.4 Å². The first kappa shape index (κ1) is 17.6. The fourth-order valence-electron chi connectivity index (χ4n) is 1.98. The number of methoxy groups -OCH3 is 1. The molecule has 5 nitrogen and oxygen atoms in total. The Balaban J connectivity index is 2.43. The number of ether oxygens (including phenoxy) is 1. The predicted molar refractivity (Wildman–Crippen MR) is 91.7 cm³/mol. The summed E-state index contributed by atoms with van der Waals surface area (Å²) in [5, 5.41) is 0.233. The normalized spacial score (nSPS) is 12.0. The molecule has 0 radical (unpaired) electrons. The summed E-state index contributed by atoms with van der Waals surface area (Å²) in [6, 6.07) is 8.27. The van der Waals surface area contributed by atoms with Crippen LogP contribution in [-0.4, -0.2) is 20.5 Å². The molecule has 0 aliphatic carbocycles. The van der Waals surface area contributed by atoms with Gasteiger partial charge in [0.15, 0.2) is 0 Å². The maximum Gasteiger partial charge on any atom is 0.263 e. The second kappa shape index (κ2) is 6.37. The summed E-state index contributed by atoms with van der Waals surface area (Å²) < 4.78 is 32.8. The first-order chi connectivity index (χ1) is 10.6. The number of aromatic nitrogens is 1. The summed E-state index contributed by atoms with van der Waals surface area (Å²) >= 11 is 5.69. The van der Waals surface area contributed by atoms with Gasteiger partial charge >= 0.3 is 0 Å². The topological polar surface area (TPSA) is 68.3 Å². The first-order valence-electron chi connectivity index (χ1n) is 6.96. The second-order valence-corrected chi connectivity index (χ2v) is 8.16. The number of benzene rings is 1. The Morgan fingerprint density at radius 1 is 1.17 bits per heavy atom. The van der Waals surface area contributed by atoms with Gasteiger partial charge in [0.25, 0.3) is 10.0 Å². The smallest absolute Gasteiger partial charge is 0.263 e. The number of hydrogen-bond donors (Lipinski definition) is 1. The highest BCUT2D eigenvalue weighted by Crippen LogP contribution is 2.32. The zero-order valence-electron chi connectivity index (χ0n) is 13.4. The van der Waals surface area contributed by atoms with Crippen LogP contribution >= 0.6 is 11.6 Å². The number of nitrogens with one attached hydrogen (secondary N) is 1. The summed E-state index contributed by atoms with van der Waals surface area (Å²) in [6.07, 6.45) is 1.21. The van der Waals surface area contributed by atoms with E-state index in [0.29, 0.717) is 11.4 Å². The molecule has 0 aliphatic rings. The van der Waals surface area contributed by atoms with E-state index in [9.17, 15) is 8.42 Å². The van der Waals surface area contributed by atoms with Crippen LogP contribution in [0.25, 0.3) is 0 Å². The third kappa shape index (κ3) is 4.14. The molecule has 1 aromatic heterocycles. The Morgan fingerprint density at radius 3 is 2.39 bits per heavy atom. The Labute approximate surface area is 141 Å². The summed E-state index contributed by atoms with van der Waals surface area (Å²) in [5.74, 6) is 0.448. The number of anilines is 1. The van der Waals surface area contributed by atoms with E-state index in [2.05, 4.69) is 30.5 Å². The maximum atomic E-state index is 12.5. The van der Waals surface area contributed by atoms with Crippen molar-refractivity contribution < 1.29 is 13.2 Å². The van der Waals surface area contributed by atoms with Gasteiger partial charge in [0, 0.05) is 6.20 Å². The molecule has 0 fully saturated rings. The highest BCUT2D eigenvalue weighted by atomic mass is 35.5. The van der Waals surface area contributed by atoms with E-state index in [1.807, 2.05) is 6.07 Å². The summed E-state index contributed by atoms with van der Waals surface area (Å²) in [4.78, 5) is 3.83. The molecule has 0 bridgehead atoms. The van der Waals surface area contributed by atoms with Crippen molar-refractivity contribution in [3.05, 3.63) is 47.2 Å². The maximum absolute atomic E-state index is 12.5. The third-order valence-corrected chi connectivity index (χ3v) is 4.89. The molecule has 0 saturated carbocycles. The predicted octanol–water partition coefficient (Wildman–Crippen LogP) is 3.84. The van der Waals surface area contributed by atoms with Crippen molar-refractivity contribution in [2.24, 2.45) is 0 Å². The number of halogens is 1. The lowest BCUT2D eigenvalue weighted by Gasteiger charge is -2.21. The molecule has 1 N–H and O–H groups in total. The average Bonchev–Trinajstić information content (AvgIpc) is 2.46. The number of sulfonamides is 1. The van der Waals surface area contributed by atoms with E-state index in [-0.39, 0.29) is 15.5 Å². The van der Waals surface area contributed by atoms with Gasteiger partial charge in [0.2, 0.25) is 0 Å². The molecule has 0 aliphatic heterocycles. The van der Waals surface area contributed by atoms with Crippen molar-refractivity contribution in [3.63, 3.8) is 0 Å². The van der Waals surface area contributed by atoms with Crippen molar-refractivity contribution in [1.29, 1.82) is 0 Å². The highest BCUT2D eigenvalue weighted by Gasteiger charge is 2.20. The number of hydrogen-bond acceptors (Lipinski definition) is 4. The van der Waals surface area contributed by atoms with Crippen molar-refractivity contribution >= 4 is 27.3 Å². The molecular formula is C16H19ClN2O3S. The third-order valence-electron chi connectivity index (χ3n) is 3.32. The van der Waals surface area contributed by atoms with E-state index >= 15 is 0 Å². The van der Waals surface area contributed by atoms with E-state index in [1.165, 1.54) is 25.4 Å². The number of nitrogens with zero attached hydrogens (tertiary/aromatic N) is 1. The Morgan fingerprint density at radius 2 is 1.87 bits per heavy atom. The standard InChI is InChI=1S/C16H19ClN2O3S/c1-16(2,3)11-5-7-14(22-4)13(9-11)19-23(20,21)12-6-8-15(17)18-10-12/h5-10,19H,1-4H3. The molecule has 0 amide bonds. The molecule has 2 aromatic rings. The summed E-state index contributed by atoms with van der Waals surface area (Å²) in [6.45, 7) is 6.16. The van der Waals surface area contributed by atoms with Gasteiger partial charge in [-0.15, -0.1) is 0 Å². The molecule has 23 heavy (non-hydrogen) atoms. The lowest BCUT2D eigenvalue weighted by Crippen LogP contribution is -2.16. The molecule has 0 atom stereocenters. The van der Waals surface area contributed by atoms with Crippen LogP contribution in [0.4, 0.5) is 5.69 Å². The fraction of sp³-hybridized carbons (Fsp3) is 0.312. The van der Waals surface area contributed by atoms with E-state index in [1.54, 1.807) is 12.1 Å². The Bertz CT molecular complexity index is 797. The molecule has 0 unspecified atom stereocenters. The van der Waals surface area contributed by atoms with Crippen molar-refractivity contribution in [3.8, 4) is 5.75 Å². The van der Waals surface area contributed by atoms with Crippen molar-refractivity contribution in [1.82, 2.24) is 4.98 Å². The monoisotopic (exact) mass is 354 g/mol. The van der Waals surface area contributed by atoms with Crippen LogP contribution in [0, 0.1) is 0 Å².